The average Bonchev–Trinajstić information content (AvgIpc) is 2.62. The summed E-state index contributed by atoms with van der Waals surface area (Å²) in [6, 6.07) is 0. The summed E-state index contributed by atoms with van der Waals surface area (Å²) in [5.41, 5.74) is 0. The number of aliphatic carboxylic acids is 3. The van der Waals surface area contributed by atoms with Gasteiger partial charge in [0, 0.05) is 0 Å². The zero-order valence-corrected chi connectivity index (χ0v) is 21.1. The molecule has 32 heavy (non-hydrogen) atoms. The molecule has 0 amide bonds. The van der Waals surface area contributed by atoms with Gasteiger partial charge in [-0.2, -0.15) is 0 Å². The van der Waals surface area contributed by atoms with Gasteiger partial charge in [0.2, 0.25) is 0 Å². The molecule has 0 saturated heterocycles. The SMILES string of the molecule is CCC(C(C)=O)C(=O)[O-].CCCCC(C(C)=O)C(=O)[O-].CCCCC(C(C)=O)C(=O)[O-].[Al+3]. The van der Waals surface area contributed by atoms with Crippen LogP contribution < -0.4 is 15.3 Å². The molecule has 0 N–H and O–H groups in total. The van der Waals surface area contributed by atoms with Crippen LogP contribution in [0, 0.1) is 17.8 Å². The van der Waals surface area contributed by atoms with Crippen molar-refractivity contribution in [3.05, 3.63) is 0 Å². The molecule has 3 atom stereocenters. The summed E-state index contributed by atoms with van der Waals surface area (Å²) < 4.78 is 0. The molecule has 0 aliphatic carbocycles. The molecule has 0 aromatic heterocycles. The summed E-state index contributed by atoms with van der Waals surface area (Å²) in [7, 11) is 0. The van der Waals surface area contributed by atoms with E-state index in [0.29, 0.717) is 19.3 Å². The van der Waals surface area contributed by atoms with Crippen molar-refractivity contribution in [3.63, 3.8) is 0 Å². The second kappa shape index (κ2) is 22.2. The fourth-order valence-corrected chi connectivity index (χ4v) is 2.41. The standard InChI is InChI=1S/2C8H14O3.C6H10O3.Al/c2*1-3-4-5-7(6(2)9)8(10)11;1-3-5(4(2)7)6(8)9;/h2*7H,3-5H2,1-2H3,(H,10,11);5H,3H2,1-2H3,(H,8,9);/q;;;+3/p-3. The van der Waals surface area contributed by atoms with Crippen LogP contribution in [0.1, 0.15) is 86.5 Å². The molecular weight excluding hydrogens is 435 g/mol. The number of carbonyl (C=O) groups excluding carboxylic acids is 6. The Bertz CT molecular complexity index is 524. The summed E-state index contributed by atoms with van der Waals surface area (Å²) in [6.07, 6.45) is 4.46. The minimum Gasteiger partial charge on any atom is -0.549 e. The van der Waals surface area contributed by atoms with Gasteiger partial charge in [-0.25, -0.2) is 0 Å². The number of carboxylic acid groups (broad SMARTS) is 3. The fourth-order valence-electron chi connectivity index (χ4n) is 2.41. The quantitative estimate of drug-likeness (QED) is 0.247. The summed E-state index contributed by atoms with van der Waals surface area (Å²) in [4.78, 5) is 62.4. The number of ketones is 3. The third-order valence-corrected chi connectivity index (χ3v) is 4.43. The van der Waals surface area contributed by atoms with E-state index in [1.54, 1.807) is 6.92 Å². The van der Waals surface area contributed by atoms with Gasteiger partial charge in [0.25, 0.3) is 0 Å². The molecular formula is C22H35AlO9. The molecule has 0 saturated carbocycles. The van der Waals surface area contributed by atoms with Crippen LogP contribution in [0.15, 0.2) is 0 Å². The maximum Gasteiger partial charge on any atom is 3.00 e. The zero-order valence-electron chi connectivity index (χ0n) is 19.9. The maximum atomic E-state index is 10.7. The zero-order chi connectivity index (χ0) is 25.1. The van der Waals surface area contributed by atoms with Crippen LogP contribution in [0.3, 0.4) is 0 Å². The largest absolute Gasteiger partial charge is 3.00 e. The predicted octanol–water partition coefficient (Wildman–Crippen LogP) is -0.766. The third-order valence-electron chi connectivity index (χ3n) is 4.43. The number of hydrogen-bond donors (Lipinski definition) is 0. The van der Waals surface area contributed by atoms with E-state index in [1.807, 2.05) is 13.8 Å². The van der Waals surface area contributed by atoms with Crippen molar-refractivity contribution >= 4 is 52.6 Å². The van der Waals surface area contributed by atoms with E-state index < -0.39 is 35.7 Å². The minimum atomic E-state index is -1.27. The molecule has 0 aliphatic heterocycles. The van der Waals surface area contributed by atoms with Gasteiger partial charge >= 0.3 is 17.4 Å². The Labute approximate surface area is 201 Å². The van der Waals surface area contributed by atoms with Crippen LogP contribution in [0.25, 0.3) is 0 Å². The predicted molar refractivity (Wildman–Crippen MR) is 113 cm³/mol. The summed E-state index contributed by atoms with van der Waals surface area (Å²) in [5, 5.41) is 30.7. The Balaban J connectivity index is -0.000000182. The van der Waals surface area contributed by atoms with Crippen molar-refractivity contribution < 1.29 is 44.1 Å². The van der Waals surface area contributed by atoms with Gasteiger partial charge in [0.15, 0.2) is 0 Å². The van der Waals surface area contributed by atoms with Gasteiger partial charge in [-0.3, -0.25) is 14.4 Å². The smallest absolute Gasteiger partial charge is 0.549 e. The molecule has 0 aromatic carbocycles. The Kier molecular flexibility index (Phi) is 25.8. The normalized spacial score (nSPS) is 12.2. The Morgan fingerprint density at radius 2 is 0.812 bits per heavy atom. The summed E-state index contributed by atoms with van der Waals surface area (Å²) in [5.74, 6) is -7.41. The molecule has 0 bridgehead atoms. The van der Waals surface area contributed by atoms with Gasteiger partial charge in [-0.15, -0.1) is 0 Å². The van der Waals surface area contributed by atoms with Crippen molar-refractivity contribution in [1.82, 2.24) is 0 Å². The Morgan fingerprint density at radius 3 is 0.906 bits per heavy atom. The van der Waals surface area contributed by atoms with E-state index in [4.69, 9.17) is 0 Å². The van der Waals surface area contributed by atoms with Gasteiger partial charge in [0.05, 0.1) is 35.7 Å². The maximum absolute atomic E-state index is 10.7. The van der Waals surface area contributed by atoms with Crippen molar-refractivity contribution in [3.8, 4) is 0 Å². The second-order valence-electron chi connectivity index (χ2n) is 7.14. The van der Waals surface area contributed by atoms with Gasteiger partial charge in [-0.1, -0.05) is 46.5 Å². The number of carbonyl (C=O) groups is 6. The molecule has 9 nitrogen and oxygen atoms in total. The first-order valence-electron chi connectivity index (χ1n) is 10.4. The molecule has 3 unspecified atom stereocenters. The molecule has 0 rings (SSSR count). The second-order valence-corrected chi connectivity index (χ2v) is 7.14. The van der Waals surface area contributed by atoms with Crippen LogP contribution in [0.5, 0.6) is 0 Å². The van der Waals surface area contributed by atoms with E-state index in [9.17, 15) is 44.1 Å². The molecule has 0 heterocycles. The van der Waals surface area contributed by atoms with Crippen molar-refractivity contribution in [1.29, 1.82) is 0 Å². The van der Waals surface area contributed by atoms with Gasteiger partial charge < -0.3 is 29.7 Å². The van der Waals surface area contributed by atoms with Crippen molar-refractivity contribution in [2.75, 3.05) is 0 Å². The number of carboxylic acids is 3. The van der Waals surface area contributed by atoms with Crippen LogP contribution >= 0.6 is 0 Å². The fraction of sp³-hybridized carbons (Fsp3) is 0.727. The number of hydrogen-bond acceptors (Lipinski definition) is 9. The van der Waals surface area contributed by atoms with E-state index in [-0.39, 0.29) is 34.7 Å². The van der Waals surface area contributed by atoms with Crippen LogP contribution in [-0.2, 0) is 28.8 Å². The van der Waals surface area contributed by atoms with Gasteiger partial charge in [0.1, 0.15) is 17.3 Å². The van der Waals surface area contributed by atoms with E-state index in [0.717, 1.165) is 25.7 Å². The molecule has 0 radical (unpaired) electrons. The summed E-state index contributed by atoms with van der Waals surface area (Å²) >= 11 is 0. The number of rotatable bonds is 13. The molecule has 0 fully saturated rings. The first-order valence-corrected chi connectivity index (χ1v) is 10.4. The summed E-state index contributed by atoms with van der Waals surface area (Å²) in [6.45, 7) is 9.37. The molecule has 180 valence electrons. The molecule has 0 aromatic rings. The monoisotopic (exact) mass is 470 g/mol. The topological polar surface area (TPSA) is 172 Å². The first-order chi connectivity index (χ1) is 14.3. The van der Waals surface area contributed by atoms with Crippen molar-refractivity contribution in [2.45, 2.75) is 86.5 Å². The van der Waals surface area contributed by atoms with Crippen LogP contribution in [-0.4, -0.2) is 52.6 Å². The minimum absolute atomic E-state index is 0. The average molecular weight is 470 g/mol. The van der Waals surface area contributed by atoms with E-state index in [1.165, 1.54) is 20.8 Å². The molecule has 0 spiro atoms. The van der Waals surface area contributed by atoms with Gasteiger partial charge in [-0.05, 0) is 40.0 Å². The molecule has 0 aliphatic rings. The van der Waals surface area contributed by atoms with Crippen LogP contribution in [0.2, 0.25) is 0 Å². The van der Waals surface area contributed by atoms with Crippen molar-refractivity contribution in [2.24, 2.45) is 17.8 Å². The number of Topliss-reactive ketones (excluding diaryl/α,β-unsaturated/α-hetero) is 3. The van der Waals surface area contributed by atoms with Crippen LogP contribution in [0.4, 0.5) is 0 Å². The Hall–Kier alpha value is -2.05. The molecule has 10 heteroatoms. The number of unbranched alkanes of at least 4 members (excludes halogenated alkanes) is 2. The van der Waals surface area contributed by atoms with E-state index in [2.05, 4.69) is 0 Å². The Morgan fingerprint density at radius 1 is 0.562 bits per heavy atom. The van der Waals surface area contributed by atoms with E-state index >= 15 is 0 Å². The first kappa shape index (κ1) is 37.3. The third kappa shape index (κ3) is 19.9.